The van der Waals surface area contributed by atoms with Crippen LogP contribution in [0, 0.1) is 0 Å². The first-order valence-electron chi connectivity index (χ1n) is 9.84. The summed E-state index contributed by atoms with van der Waals surface area (Å²) < 4.78 is 1.56. The molecule has 1 atom stereocenters. The first-order valence-corrected chi connectivity index (χ1v) is 11.0. The van der Waals surface area contributed by atoms with Crippen molar-refractivity contribution in [2.45, 2.75) is 25.3 Å². The third kappa shape index (κ3) is 3.52. The van der Waals surface area contributed by atoms with Gasteiger partial charge in [-0.1, -0.05) is 59.7 Å². The van der Waals surface area contributed by atoms with E-state index in [1.807, 2.05) is 30.3 Å². The molecule has 0 bridgehead atoms. The zero-order valence-electron chi connectivity index (χ0n) is 15.8. The molecule has 5 rings (SSSR count). The number of thiazole rings is 1. The first-order chi connectivity index (χ1) is 14.2. The molecule has 29 heavy (non-hydrogen) atoms. The number of halogens is 1. The van der Waals surface area contributed by atoms with Crippen molar-refractivity contribution in [1.82, 2.24) is 19.5 Å². The van der Waals surface area contributed by atoms with Gasteiger partial charge in [0.1, 0.15) is 0 Å². The number of rotatable bonds is 4. The summed E-state index contributed by atoms with van der Waals surface area (Å²) in [5.41, 5.74) is 2.06. The number of hydrogen-bond donors (Lipinski definition) is 1. The molecule has 0 radical (unpaired) electrons. The van der Waals surface area contributed by atoms with Gasteiger partial charge in [-0.05, 0) is 55.8 Å². The fraction of sp³-hybridized carbons (Fsp3) is 0.273. The van der Waals surface area contributed by atoms with Gasteiger partial charge in [0.25, 0.3) is 0 Å². The van der Waals surface area contributed by atoms with Crippen molar-refractivity contribution in [2.75, 3.05) is 13.1 Å². The van der Waals surface area contributed by atoms with Gasteiger partial charge < -0.3 is 5.11 Å². The number of piperidine rings is 1. The van der Waals surface area contributed by atoms with E-state index in [9.17, 15) is 5.11 Å². The van der Waals surface area contributed by atoms with Crippen LogP contribution in [-0.4, -0.2) is 37.7 Å². The van der Waals surface area contributed by atoms with Gasteiger partial charge in [0.2, 0.25) is 10.8 Å². The van der Waals surface area contributed by atoms with E-state index >= 15 is 0 Å². The van der Waals surface area contributed by atoms with Crippen molar-refractivity contribution in [2.24, 2.45) is 0 Å². The Morgan fingerprint density at radius 2 is 1.69 bits per heavy atom. The summed E-state index contributed by atoms with van der Waals surface area (Å²) in [6.45, 7) is 2.06. The number of hydrogen-bond acceptors (Lipinski definition) is 5. The van der Waals surface area contributed by atoms with E-state index in [0.717, 1.165) is 23.5 Å². The minimum absolute atomic E-state index is 0.0176. The molecule has 1 saturated heterocycles. The lowest BCUT2D eigenvalue weighted by atomic mass is 10.0. The monoisotopic (exact) mass is 424 g/mol. The Morgan fingerprint density at radius 1 is 0.966 bits per heavy atom. The van der Waals surface area contributed by atoms with E-state index in [0.29, 0.717) is 15.8 Å². The number of aromatic hydroxyl groups is 1. The third-order valence-corrected chi connectivity index (χ3v) is 6.75. The molecule has 0 amide bonds. The predicted molar refractivity (Wildman–Crippen MR) is 117 cm³/mol. The molecule has 1 fully saturated rings. The van der Waals surface area contributed by atoms with E-state index in [4.69, 9.17) is 11.6 Å². The van der Waals surface area contributed by atoms with E-state index in [-0.39, 0.29) is 11.9 Å². The third-order valence-electron chi connectivity index (χ3n) is 5.42. The van der Waals surface area contributed by atoms with Crippen LogP contribution < -0.4 is 0 Å². The summed E-state index contributed by atoms with van der Waals surface area (Å²) in [6.07, 6.45) is 3.64. The normalized spacial score (nSPS) is 16.3. The molecule has 1 aliphatic rings. The second-order valence-electron chi connectivity index (χ2n) is 7.34. The molecular formula is C22H21ClN4OS. The van der Waals surface area contributed by atoms with Crippen LogP contribution in [0.2, 0.25) is 5.02 Å². The number of aromatic nitrogens is 3. The molecule has 1 N–H and O–H groups in total. The Kier molecular flexibility index (Phi) is 4.99. The van der Waals surface area contributed by atoms with Crippen LogP contribution in [0.25, 0.3) is 16.3 Å². The maximum Gasteiger partial charge on any atom is 0.230 e. The number of fused-ring (bicyclic) bond motifs is 1. The zero-order chi connectivity index (χ0) is 19.8. The largest absolute Gasteiger partial charge is 0.492 e. The molecule has 7 heteroatoms. The molecule has 1 aliphatic heterocycles. The van der Waals surface area contributed by atoms with Gasteiger partial charge >= 0.3 is 0 Å². The van der Waals surface area contributed by atoms with E-state index in [2.05, 4.69) is 39.2 Å². The quantitative estimate of drug-likeness (QED) is 0.477. The fourth-order valence-electron chi connectivity index (χ4n) is 3.99. The van der Waals surface area contributed by atoms with Gasteiger partial charge in [-0.25, -0.2) is 0 Å². The second kappa shape index (κ2) is 7.78. The molecule has 2 aromatic carbocycles. The maximum absolute atomic E-state index is 11.1. The topological polar surface area (TPSA) is 53.7 Å². The predicted octanol–water partition coefficient (Wildman–Crippen LogP) is 5.39. The Bertz CT molecular complexity index is 1120. The number of likely N-dealkylation sites (tertiary alicyclic amines) is 1. The zero-order valence-corrected chi connectivity index (χ0v) is 17.4. The van der Waals surface area contributed by atoms with Gasteiger partial charge in [0.05, 0.1) is 10.9 Å². The van der Waals surface area contributed by atoms with Gasteiger partial charge in [-0.15, -0.1) is 5.10 Å². The lowest BCUT2D eigenvalue weighted by Crippen LogP contribution is -2.34. The molecule has 0 saturated carbocycles. The van der Waals surface area contributed by atoms with E-state index < -0.39 is 0 Å². The molecule has 0 spiro atoms. The minimum Gasteiger partial charge on any atom is -0.492 e. The van der Waals surface area contributed by atoms with Gasteiger partial charge in [-0.2, -0.15) is 9.50 Å². The van der Waals surface area contributed by atoms with Crippen molar-refractivity contribution in [3.05, 3.63) is 70.1 Å². The molecule has 5 nitrogen and oxygen atoms in total. The highest BCUT2D eigenvalue weighted by Crippen LogP contribution is 2.41. The summed E-state index contributed by atoms with van der Waals surface area (Å²) in [6, 6.07) is 17.8. The average Bonchev–Trinajstić information content (AvgIpc) is 3.30. The van der Waals surface area contributed by atoms with Crippen molar-refractivity contribution in [1.29, 1.82) is 0 Å². The number of nitrogens with zero attached hydrogens (tertiary/aromatic N) is 4. The smallest absolute Gasteiger partial charge is 0.230 e. The molecule has 1 unspecified atom stereocenters. The summed E-state index contributed by atoms with van der Waals surface area (Å²) in [5.74, 6) is 0.765. The summed E-state index contributed by atoms with van der Waals surface area (Å²) in [7, 11) is 0. The highest BCUT2D eigenvalue weighted by molar-refractivity contribution is 7.17. The van der Waals surface area contributed by atoms with E-state index in [1.54, 1.807) is 4.52 Å². The van der Waals surface area contributed by atoms with E-state index in [1.165, 1.54) is 36.2 Å². The Labute approximate surface area is 178 Å². The highest BCUT2D eigenvalue weighted by atomic mass is 35.5. The standard InChI is InChI=1S/C22H21ClN4OS/c23-17-11-9-16(10-12-17)20-24-22-27(25-20)21(28)19(29-22)18(15-7-3-1-4-8-15)26-13-5-2-6-14-26/h1,3-4,7-12,18,28H,2,5-6,13-14H2. The van der Waals surface area contributed by atoms with Crippen LogP contribution in [0.5, 0.6) is 5.88 Å². The van der Waals surface area contributed by atoms with Gasteiger partial charge in [0, 0.05) is 10.6 Å². The van der Waals surface area contributed by atoms with Crippen molar-refractivity contribution in [3.8, 4) is 17.3 Å². The SMILES string of the molecule is Oc1c(C(c2ccccc2)N2CCCCC2)sc2nc(-c3ccc(Cl)cc3)nn12. The minimum atomic E-state index is 0.0176. The van der Waals surface area contributed by atoms with Crippen LogP contribution in [-0.2, 0) is 0 Å². The van der Waals surface area contributed by atoms with Gasteiger partial charge in [-0.3, -0.25) is 4.90 Å². The van der Waals surface area contributed by atoms with Crippen molar-refractivity contribution in [3.63, 3.8) is 0 Å². The fourth-order valence-corrected chi connectivity index (χ4v) is 5.23. The molecule has 3 heterocycles. The highest BCUT2D eigenvalue weighted by Gasteiger charge is 2.30. The summed E-state index contributed by atoms with van der Waals surface area (Å²) >= 11 is 7.49. The number of benzene rings is 2. The second-order valence-corrected chi connectivity index (χ2v) is 8.78. The molecule has 4 aromatic rings. The Balaban J connectivity index is 1.57. The van der Waals surface area contributed by atoms with Crippen LogP contribution in [0.15, 0.2) is 54.6 Å². The maximum atomic E-state index is 11.1. The molecular weight excluding hydrogens is 404 g/mol. The lowest BCUT2D eigenvalue weighted by molar-refractivity contribution is 0.186. The first kappa shape index (κ1) is 18.6. The van der Waals surface area contributed by atoms with Crippen LogP contribution >= 0.6 is 22.9 Å². The van der Waals surface area contributed by atoms with Crippen LogP contribution in [0.4, 0.5) is 0 Å². The molecule has 2 aromatic heterocycles. The summed E-state index contributed by atoms with van der Waals surface area (Å²) in [4.78, 5) is 8.72. The average molecular weight is 425 g/mol. The van der Waals surface area contributed by atoms with Crippen molar-refractivity contribution < 1.29 is 5.11 Å². The molecule has 0 aliphatic carbocycles. The van der Waals surface area contributed by atoms with Crippen molar-refractivity contribution >= 4 is 27.9 Å². The molecule has 148 valence electrons. The lowest BCUT2D eigenvalue weighted by Gasteiger charge is -2.34. The Hall–Kier alpha value is -2.41. The Morgan fingerprint density at radius 3 is 2.38 bits per heavy atom. The van der Waals surface area contributed by atoms with Crippen LogP contribution in [0.3, 0.4) is 0 Å². The van der Waals surface area contributed by atoms with Crippen LogP contribution in [0.1, 0.15) is 35.7 Å². The summed E-state index contributed by atoms with van der Waals surface area (Å²) in [5, 5.41) is 16.3. The van der Waals surface area contributed by atoms with Gasteiger partial charge in [0.15, 0.2) is 5.82 Å².